The Bertz CT molecular complexity index is 3260. The third kappa shape index (κ3) is 13.1. The second-order valence-electron chi connectivity index (χ2n) is 18.5. The van der Waals surface area contributed by atoms with Gasteiger partial charge >= 0.3 is 28.5 Å². The molecule has 30 heteroatoms. The number of anilines is 2. The topological polar surface area (TPSA) is 356 Å². The number of alkyl carbamates (subject to hydrolysis) is 1. The van der Waals surface area contributed by atoms with Crippen LogP contribution in [0, 0.1) is 0 Å². The number of phosphoric ester groups is 1. The van der Waals surface area contributed by atoms with Crippen molar-refractivity contribution in [2.45, 2.75) is 56.6 Å². The predicted molar refractivity (Wildman–Crippen MR) is 277 cm³/mol. The molecule has 26 nitrogen and oxygen atoms in total. The average Bonchev–Trinajstić information content (AvgIpc) is 3.87. The second-order valence-corrected chi connectivity index (χ2v) is 24.3. The van der Waals surface area contributed by atoms with Gasteiger partial charge in [-0.1, -0.05) is 38.1 Å². The fraction of sp³-hybridized carbons (Fsp3) is 0.400. The number of aliphatic hydroxyl groups excluding tert-OH is 1. The van der Waals surface area contributed by atoms with Gasteiger partial charge in [-0.3, -0.25) is 28.5 Å². The van der Waals surface area contributed by atoms with E-state index >= 15 is 0 Å². The number of aliphatic hydroxyl groups is 1. The molecule has 10 N–H and O–H groups in total. The van der Waals surface area contributed by atoms with Crippen LogP contribution in [-0.4, -0.2) is 157 Å². The summed E-state index contributed by atoms with van der Waals surface area (Å²) in [6.45, 7) is -1.53. The molecule has 1 fully saturated rings. The number of nitrogen functional groups attached to an aromatic ring is 1. The van der Waals surface area contributed by atoms with E-state index in [1.165, 1.54) is 0 Å². The Morgan fingerprint density at radius 2 is 1.71 bits per heavy atom. The summed E-state index contributed by atoms with van der Waals surface area (Å²) in [5.74, 6) is -0.944. The zero-order valence-corrected chi connectivity index (χ0v) is 45.1. The number of hydrogen-bond donors (Lipinski definition) is 9. The molecule has 0 saturated carbocycles. The lowest BCUT2D eigenvalue weighted by atomic mass is 9.64. The molecule has 75 heavy (non-hydrogen) atoms. The van der Waals surface area contributed by atoms with E-state index in [2.05, 4.69) is 106 Å². The number of aromatic amines is 1. The van der Waals surface area contributed by atoms with Crippen molar-refractivity contribution in [3.05, 3.63) is 111 Å². The summed E-state index contributed by atoms with van der Waals surface area (Å²) in [7, 11) is -1.59. The molecule has 1 aliphatic heterocycles. The van der Waals surface area contributed by atoms with Crippen LogP contribution < -0.4 is 26.8 Å². The van der Waals surface area contributed by atoms with Crippen LogP contribution in [0.3, 0.4) is 0 Å². The minimum atomic E-state index is -5.69. The molecule has 6 atom stereocenters. The first-order chi connectivity index (χ1) is 35.1. The van der Waals surface area contributed by atoms with Crippen LogP contribution in [0.25, 0.3) is 16.7 Å². The number of rotatable bonds is 19. The Morgan fingerprint density at radius 1 is 1.00 bits per heavy atom. The zero-order chi connectivity index (χ0) is 54.9. The van der Waals surface area contributed by atoms with Crippen molar-refractivity contribution in [3.8, 4) is 0 Å². The van der Waals surface area contributed by atoms with Crippen LogP contribution in [-0.2, 0) is 53.8 Å². The minimum Gasteiger partial charge on any atom is -0.439 e. The molecule has 0 spiro atoms. The van der Waals surface area contributed by atoms with Gasteiger partial charge in [-0.25, -0.2) is 27.8 Å². The Morgan fingerprint density at radius 3 is 2.40 bits per heavy atom. The number of carbonyl (C=O) groups excluding carboxylic acids is 3. The number of allylic oxidation sites excluding steroid dienone is 5. The summed E-state index contributed by atoms with van der Waals surface area (Å²) < 4.78 is 51.5. The van der Waals surface area contributed by atoms with Crippen LogP contribution >= 0.6 is 22.4 Å². The molecule has 2 aliphatic carbocycles. The highest BCUT2D eigenvalue weighted by atomic mass is 32.5. The second kappa shape index (κ2) is 22.4. The summed E-state index contributed by atoms with van der Waals surface area (Å²) in [5.41, 5.74) is 12.9. The first-order valence-corrected chi connectivity index (χ1v) is 28.6. The van der Waals surface area contributed by atoms with Crippen molar-refractivity contribution < 1.29 is 75.4 Å². The summed E-state index contributed by atoms with van der Waals surface area (Å²) in [6, 6.07) is 13.9. The number of ether oxygens (including phenoxy) is 2. The van der Waals surface area contributed by atoms with E-state index in [1.807, 2.05) is 52.5 Å². The number of hydrogen-bond acceptors (Lipinski definition) is 17. The standard InChI is InChI=1S/C45H57N10O16P3S/c1-45(2)31-21-25(52(3)4)14-16-29(31)35(30-17-15-26(53(5)6)22-32(30)45)27-11-8-9-12-28(27)41(59)54(7)20-10-13-34(56)47-18-19-48-44(60)69-38-37(57)33(23-67-72(61,62)70-73(63,64)71-74(65,66)75)68-42(38)55-24-49-36-39(55)50-43(46)51-40(36)58/h8-9,11-12,14-17,21-22,24,33,37-38,42,57H,10,13,18-20,23H2,1-7H3,(H8-,46,47,48,50,51,56,58,60,61,62,63,64,65,66,75)/p+1/t33-,37-,38-,42-/m1/s1. The molecule has 1 saturated heterocycles. The molecule has 404 valence electrons. The lowest BCUT2D eigenvalue weighted by Gasteiger charge is -2.39. The first-order valence-electron chi connectivity index (χ1n) is 23.0. The van der Waals surface area contributed by atoms with Crippen molar-refractivity contribution in [2.24, 2.45) is 0 Å². The van der Waals surface area contributed by atoms with E-state index in [0.717, 1.165) is 55.7 Å². The maximum absolute atomic E-state index is 14.3. The third-order valence-corrected chi connectivity index (χ3v) is 16.8. The van der Waals surface area contributed by atoms with Crippen LogP contribution in [0.15, 0.2) is 83.0 Å². The van der Waals surface area contributed by atoms with Gasteiger partial charge in [0.2, 0.25) is 11.9 Å². The number of imidazole rings is 1. The lowest BCUT2D eigenvalue weighted by molar-refractivity contribution is -0.462. The van der Waals surface area contributed by atoms with E-state index in [1.54, 1.807) is 11.9 Å². The number of nitrogens with zero attached hydrogens (tertiary/aromatic N) is 6. The summed E-state index contributed by atoms with van der Waals surface area (Å²) >= 11 is 4.08. The average molecular weight is 1120 g/mol. The molecule has 0 bridgehead atoms. The van der Waals surface area contributed by atoms with Gasteiger partial charge < -0.3 is 60.3 Å². The predicted octanol–water partition coefficient (Wildman–Crippen LogP) is 2.55. The fourth-order valence-electron chi connectivity index (χ4n) is 8.77. The fourth-order valence-corrected chi connectivity index (χ4v) is 12.6. The number of H-pyrrole nitrogens is 1. The third-order valence-electron chi connectivity index (χ3n) is 12.4. The number of nitrogens with two attached hydrogens (primary N) is 1. The zero-order valence-electron chi connectivity index (χ0n) is 41.6. The molecular formula is C45H58N10O16P3S+. The number of carbonyl (C=O) groups is 3. The van der Waals surface area contributed by atoms with E-state index in [9.17, 15) is 53.0 Å². The molecule has 2 aromatic heterocycles. The number of nitrogens with one attached hydrogen (secondary N) is 3. The summed E-state index contributed by atoms with van der Waals surface area (Å²) in [6.07, 6.45) is -0.182. The number of benzene rings is 2. The Hall–Kier alpha value is -5.76. The Balaban J connectivity index is 0.958. The SMILES string of the molecule is CN(CCCC(=O)NCCNC(=O)O[C@@H]1[C@H](O)[C@@H](COP(=O)(O)OP(=O)(O)OP(O)(O)=S)O[C@H]1n1cnc2c(=O)[nH]c(N)nc21)C(=O)c1ccccc1C1=C2C=CC(=[N+](C)C)C=C2C(C)(C)c2cc(N(C)C)ccc21. The van der Waals surface area contributed by atoms with Gasteiger partial charge in [0.25, 0.3) is 11.5 Å². The molecule has 3 heterocycles. The van der Waals surface area contributed by atoms with Crippen LogP contribution in [0.1, 0.15) is 60.0 Å². The number of aromatic nitrogens is 4. The number of phosphoric acid groups is 2. The molecule has 2 aromatic carbocycles. The molecule has 2 unspecified atom stereocenters. The summed E-state index contributed by atoms with van der Waals surface area (Å²) in [5, 5.41) is 16.4. The number of fused-ring (bicyclic) bond motifs is 3. The molecule has 4 aromatic rings. The quantitative estimate of drug-likeness (QED) is 0.0370. The molecule has 0 radical (unpaired) electrons. The molecule has 3 aliphatic rings. The van der Waals surface area contributed by atoms with Gasteiger partial charge in [-0.05, 0) is 75.9 Å². The van der Waals surface area contributed by atoms with Gasteiger partial charge in [0.1, 0.15) is 26.3 Å². The monoisotopic (exact) mass is 1120 g/mol. The van der Waals surface area contributed by atoms with Gasteiger partial charge in [-0.2, -0.15) is 9.29 Å². The molecule has 3 amide bonds. The van der Waals surface area contributed by atoms with Crippen molar-refractivity contribution in [3.63, 3.8) is 0 Å². The van der Waals surface area contributed by atoms with E-state index < -0.39 is 65.2 Å². The minimum absolute atomic E-state index is 0.0317. The molecular weight excluding hydrogens is 1060 g/mol. The lowest BCUT2D eigenvalue weighted by Crippen LogP contribution is -2.41. The first kappa shape index (κ1) is 57.0. The van der Waals surface area contributed by atoms with Crippen molar-refractivity contribution in [2.75, 3.05) is 72.1 Å². The van der Waals surface area contributed by atoms with E-state index in [4.69, 9.17) is 19.7 Å². The van der Waals surface area contributed by atoms with Crippen molar-refractivity contribution in [1.82, 2.24) is 35.1 Å². The van der Waals surface area contributed by atoms with Gasteiger partial charge in [0, 0.05) is 76.0 Å². The van der Waals surface area contributed by atoms with Crippen molar-refractivity contribution >= 4 is 86.2 Å². The summed E-state index contributed by atoms with van der Waals surface area (Å²) in [4.78, 5) is 105. The van der Waals surface area contributed by atoms with Crippen LogP contribution in [0.2, 0.25) is 0 Å². The highest BCUT2D eigenvalue weighted by Crippen LogP contribution is 2.66. The van der Waals surface area contributed by atoms with E-state index in [0.29, 0.717) is 12.0 Å². The van der Waals surface area contributed by atoms with Gasteiger partial charge in [0.05, 0.1) is 12.9 Å². The maximum Gasteiger partial charge on any atom is 0.488 e. The van der Waals surface area contributed by atoms with Gasteiger partial charge in [0.15, 0.2) is 29.2 Å². The molecule has 7 rings (SSSR count). The highest BCUT2D eigenvalue weighted by molar-refractivity contribution is 8.08. The van der Waals surface area contributed by atoms with Crippen LogP contribution in [0.5, 0.6) is 0 Å². The Kier molecular flexibility index (Phi) is 17.0. The van der Waals surface area contributed by atoms with E-state index in [-0.39, 0.29) is 60.4 Å². The largest absolute Gasteiger partial charge is 0.488 e. The normalized spacial score (nSPS) is 20.6. The van der Waals surface area contributed by atoms with Gasteiger partial charge in [-0.15, -0.1) is 0 Å². The number of amides is 3. The van der Waals surface area contributed by atoms with Crippen molar-refractivity contribution in [1.29, 1.82) is 0 Å². The maximum atomic E-state index is 14.3. The van der Waals surface area contributed by atoms with Crippen LogP contribution in [0.4, 0.5) is 16.4 Å². The smallest absolute Gasteiger partial charge is 0.439 e. The highest BCUT2D eigenvalue weighted by Gasteiger charge is 2.50. The Labute approximate surface area is 434 Å².